The van der Waals surface area contributed by atoms with E-state index >= 15 is 0 Å². The molecule has 0 N–H and O–H groups in total. The molecular weight excluding hydrogens is 258 g/mol. The Morgan fingerprint density at radius 1 is 1.12 bits per heavy atom. The Labute approximate surface area is 106 Å². The van der Waals surface area contributed by atoms with Crippen molar-refractivity contribution in [3.8, 4) is 0 Å². The summed E-state index contributed by atoms with van der Waals surface area (Å²) < 4.78 is 1.76. The minimum atomic E-state index is 0.610. The van der Waals surface area contributed by atoms with Gasteiger partial charge in [-0.1, -0.05) is 23.4 Å². The molecule has 84 valence electrons. The first-order chi connectivity index (χ1) is 8.34. The van der Waals surface area contributed by atoms with Gasteiger partial charge in [0.1, 0.15) is 12.7 Å². The zero-order valence-corrected chi connectivity index (χ0v) is 10.1. The SMILES string of the molecule is Clc1cnccc1Sc1cncn2cnnc12. The lowest BCUT2D eigenvalue weighted by Gasteiger charge is -2.03. The molecule has 3 aromatic heterocycles. The van der Waals surface area contributed by atoms with Crippen molar-refractivity contribution in [1.29, 1.82) is 0 Å². The van der Waals surface area contributed by atoms with Crippen LogP contribution in [0.4, 0.5) is 0 Å². The Hall–Kier alpha value is -1.66. The van der Waals surface area contributed by atoms with E-state index < -0.39 is 0 Å². The molecule has 0 radical (unpaired) electrons. The Kier molecular flexibility index (Phi) is 2.66. The fraction of sp³-hybridized carbons (Fsp3) is 0. The molecule has 3 aromatic rings. The van der Waals surface area contributed by atoms with Gasteiger partial charge in [0.2, 0.25) is 0 Å². The molecule has 0 bridgehead atoms. The molecule has 0 fully saturated rings. The van der Waals surface area contributed by atoms with Crippen LogP contribution in [0.5, 0.6) is 0 Å². The first kappa shape index (κ1) is 10.5. The van der Waals surface area contributed by atoms with Crippen molar-refractivity contribution in [3.05, 3.63) is 42.3 Å². The van der Waals surface area contributed by atoms with Crippen LogP contribution in [0, 0.1) is 0 Å². The molecule has 3 heterocycles. The normalized spacial score (nSPS) is 10.9. The van der Waals surface area contributed by atoms with Crippen LogP contribution in [-0.4, -0.2) is 24.6 Å². The number of nitrogens with zero attached hydrogens (tertiary/aromatic N) is 5. The van der Waals surface area contributed by atoms with Gasteiger partial charge < -0.3 is 0 Å². The van der Waals surface area contributed by atoms with Crippen molar-refractivity contribution in [3.63, 3.8) is 0 Å². The maximum absolute atomic E-state index is 6.05. The van der Waals surface area contributed by atoms with E-state index in [2.05, 4.69) is 20.2 Å². The fourth-order valence-corrected chi connectivity index (χ4v) is 2.47. The highest BCUT2D eigenvalue weighted by Gasteiger charge is 2.08. The third-order valence-electron chi connectivity index (χ3n) is 2.13. The number of fused-ring (bicyclic) bond motifs is 1. The molecule has 0 unspecified atom stereocenters. The maximum Gasteiger partial charge on any atom is 0.177 e. The molecule has 17 heavy (non-hydrogen) atoms. The lowest BCUT2D eigenvalue weighted by molar-refractivity contribution is 1.04. The van der Waals surface area contributed by atoms with E-state index in [1.54, 1.807) is 35.6 Å². The second-order valence-electron chi connectivity index (χ2n) is 3.23. The molecule has 7 heteroatoms. The van der Waals surface area contributed by atoms with Gasteiger partial charge in [-0.25, -0.2) is 4.98 Å². The summed E-state index contributed by atoms with van der Waals surface area (Å²) in [5.41, 5.74) is 0.762. The van der Waals surface area contributed by atoms with E-state index in [0.29, 0.717) is 5.02 Å². The molecule has 0 aliphatic carbocycles. The Morgan fingerprint density at radius 3 is 2.94 bits per heavy atom. The molecule has 5 nitrogen and oxygen atoms in total. The predicted molar refractivity (Wildman–Crippen MR) is 64.2 cm³/mol. The standard InChI is InChI=1S/C10H6ClN5S/c11-7-3-12-2-1-8(7)17-9-4-13-5-16-6-14-15-10(9)16/h1-6H. The van der Waals surface area contributed by atoms with Gasteiger partial charge in [-0.15, -0.1) is 10.2 Å². The predicted octanol–water partition coefficient (Wildman–Crippen LogP) is 2.32. The van der Waals surface area contributed by atoms with Crippen molar-refractivity contribution in [2.45, 2.75) is 9.79 Å². The zero-order valence-electron chi connectivity index (χ0n) is 8.49. The monoisotopic (exact) mass is 263 g/mol. The van der Waals surface area contributed by atoms with Crippen molar-refractivity contribution in [2.24, 2.45) is 0 Å². The third-order valence-corrected chi connectivity index (χ3v) is 3.63. The van der Waals surface area contributed by atoms with E-state index in [-0.39, 0.29) is 0 Å². The summed E-state index contributed by atoms with van der Waals surface area (Å²) in [6.07, 6.45) is 8.33. The minimum Gasteiger partial charge on any atom is -0.271 e. The molecule has 0 saturated carbocycles. The van der Waals surface area contributed by atoms with E-state index in [9.17, 15) is 0 Å². The minimum absolute atomic E-state index is 0.610. The van der Waals surface area contributed by atoms with Gasteiger partial charge >= 0.3 is 0 Å². The molecule has 0 atom stereocenters. The van der Waals surface area contributed by atoms with Gasteiger partial charge in [0, 0.05) is 23.5 Å². The van der Waals surface area contributed by atoms with Crippen LogP contribution in [0.1, 0.15) is 0 Å². The second kappa shape index (κ2) is 4.31. The van der Waals surface area contributed by atoms with Gasteiger partial charge in [0.25, 0.3) is 0 Å². The van der Waals surface area contributed by atoms with E-state index in [0.717, 1.165) is 15.4 Å². The van der Waals surface area contributed by atoms with Crippen LogP contribution < -0.4 is 0 Å². The highest BCUT2D eigenvalue weighted by molar-refractivity contribution is 7.99. The summed E-state index contributed by atoms with van der Waals surface area (Å²) in [6, 6.07) is 1.85. The number of hydrogen-bond acceptors (Lipinski definition) is 5. The highest BCUT2D eigenvalue weighted by atomic mass is 35.5. The lowest BCUT2D eigenvalue weighted by atomic mass is 10.5. The van der Waals surface area contributed by atoms with Crippen LogP contribution in [0.2, 0.25) is 5.02 Å². The maximum atomic E-state index is 6.05. The van der Waals surface area contributed by atoms with Gasteiger partial charge in [-0.05, 0) is 6.07 Å². The van der Waals surface area contributed by atoms with Gasteiger partial charge in [-0.3, -0.25) is 9.38 Å². The summed E-state index contributed by atoms with van der Waals surface area (Å²) in [4.78, 5) is 9.88. The first-order valence-corrected chi connectivity index (χ1v) is 5.95. The summed E-state index contributed by atoms with van der Waals surface area (Å²) in [5, 5.41) is 8.49. The number of halogens is 1. The topological polar surface area (TPSA) is 56.0 Å². The van der Waals surface area contributed by atoms with Gasteiger partial charge in [-0.2, -0.15) is 0 Å². The fourth-order valence-electron chi connectivity index (χ4n) is 1.37. The van der Waals surface area contributed by atoms with Crippen LogP contribution in [-0.2, 0) is 0 Å². The molecule has 3 rings (SSSR count). The molecular formula is C10H6ClN5S. The van der Waals surface area contributed by atoms with Crippen LogP contribution in [0.25, 0.3) is 5.65 Å². The number of hydrogen-bond donors (Lipinski definition) is 0. The van der Waals surface area contributed by atoms with E-state index in [4.69, 9.17) is 11.6 Å². The molecule has 0 aliphatic rings. The largest absolute Gasteiger partial charge is 0.271 e. The van der Waals surface area contributed by atoms with Crippen LogP contribution in [0.15, 0.2) is 47.1 Å². The molecule has 0 aromatic carbocycles. The van der Waals surface area contributed by atoms with E-state index in [1.165, 1.54) is 11.8 Å². The van der Waals surface area contributed by atoms with Crippen molar-refractivity contribution < 1.29 is 0 Å². The van der Waals surface area contributed by atoms with Gasteiger partial charge in [0.15, 0.2) is 5.65 Å². The molecule has 0 saturated heterocycles. The Morgan fingerprint density at radius 2 is 2.06 bits per heavy atom. The average molecular weight is 264 g/mol. The second-order valence-corrected chi connectivity index (χ2v) is 4.72. The third kappa shape index (κ3) is 1.96. The van der Waals surface area contributed by atoms with E-state index in [1.807, 2.05) is 6.07 Å². The zero-order chi connectivity index (χ0) is 11.7. The average Bonchev–Trinajstić information content (AvgIpc) is 2.81. The molecule has 0 aliphatic heterocycles. The van der Waals surface area contributed by atoms with Crippen LogP contribution in [0.3, 0.4) is 0 Å². The summed E-state index contributed by atoms with van der Waals surface area (Å²) in [7, 11) is 0. The van der Waals surface area contributed by atoms with Crippen molar-refractivity contribution >= 4 is 29.0 Å². The van der Waals surface area contributed by atoms with Crippen molar-refractivity contribution in [1.82, 2.24) is 24.6 Å². The number of aromatic nitrogens is 5. The van der Waals surface area contributed by atoms with Gasteiger partial charge in [0.05, 0.1) is 9.92 Å². The summed E-state index contributed by atoms with van der Waals surface area (Å²) in [5.74, 6) is 0. The smallest absolute Gasteiger partial charge is 0.177 e. The highest BCUT2D eigenvalue weighted by Crippen LogP contribution is 2.33. The lowest BCUT2D eigenvalue weighted by Crippen LogP contribution is -1.88. The summed E-state index contributed by atoms with van der Waals surface area (Å²) in [6.45, 7) is 0. The number of pyridine rings is 1. The van der Waals surface area contributed by atoms with Crippen molar-refractivity contribution in [2.75, 3.05) is 0 Å². The molecule has 0 amide bonds. The quantitative estimate of drug-likeness (QED) is 0.710. The summed E-state index contributed by atoms with van der Waals surface area (Å²) >= 11 is 7.54. The molecule has 0 spiro atoms. The van der Waals surface area contributed by atoms with Crippen LogP contribution >= 0.6 is 23.4 Å². The Bertz CT molecular complexity index is 668. The Balaban J connectivity index is 2.06. The number of rotatable bonds is 2. The first-order valence-electron chi connectivity index (χ1n) is 4.75.